The smallest absolute Gasteiger partial charge is 0.120 e. The van der Waals surface area contributed by atoms with Crippen LogP contribution in [0.5, 0.6) is 5.75 Å². The van der Waals surface area contributed by atoms with E-state index in [-0.39, 0.29) is 0 Å². The molecular formula is C17H16ClNOS. The lowest BCUT2D eigenvalue weighted by atomic mass is 10.2. The highest BCUT2D eigenvalue weighted by molar-refractivity contribution is 7.98. The Hall–Kier alpha value is -1.63. The van der Waals surface area contributed by atoms with Crippen molar-refractivity contribution in [1.29, 1.82) is 5.26 Å². The van der Waals surface area contributed by atoms with Gasteiger partial charge in [-0.15, -0.1) is 0 Å². The molecule has 0 unspecified atom stereocenters. The highest BCUT2D eigenvalue weighted by Crippen LogP contribution is 2.21. The number of nitrogens with zero attached hydrogens (tertiary/aromatic N) is 1. The molecule has 0 spiro atoms. The monoisotopic (exact) mass is 317 g/mol. The number of benzene rings is 2. The zero-order valence-electron chi connectivity index (χ0n) is 11.6. The SMILES string of the molecule is N#Cc1cccc(OCCCSCc2ccccc2Cl)c1. The fraction of sp³-hybridized carbons (Fsp3) is 0.235. The van der Waals surface area contributed by atoms with Crippen molar-refractivity contribution in [3.63, 3.8) is 0 Å². The maximum absolute atomic E-state index is 8.81. The van der Waals surface area contributed by atoms with Gasteiger partial charge in [-0.3, -0.25) is 0 Å². The molecule has 0 amide bonds. The molecule has 0 saturated heterocycles. The van der Waals surface area contributed by atoms with E-state index in [0.29, 0.717) is 12.2 Å². The average Bonchev–Trinajstić information content (AvgIpc) is 2.52. The largest absolute Gasteiger partial charge is 0.494 e. The molecule has 0 N–H and O–H groups in total. The molecule has 0 fully saturated rings. The highest BCUT2D eigenvalue weighted by atomic mass is 35.5. The van der Waals surface area contributed by atoms with Crippen LogP contribution in [-0.2, 0) is 5.75 Å². The van der Waals surface area contributed by atoms with Crippen molar-refractivity contribution in [1.82, 2.24) is 0 Å². The van der Waals surface area contributed by atoms with Crippen molar-refractivity contribution in [2.24, 2.45) is 0 Å². The first-order valence-electron chi connectivity index (χ1n) is 6.74. The predicted octanol–water partition coefficient (Wildman–Crippen LogP) is 4.91. The Bertz CT molecular complexity index is 624. The summed E-state index contributed by atoms with van der Waals surface area (Å²) in [5, 5.41) is 9.64. The summed E-state index contributed by atoms with van der Waals surface area (Å²) < 4.78 is 5.63. The molecule has 0 bridgehead atoms. The first-order chi connectivity index (χ1) is 10.3. The molecule has 4 heteroatoms. The number of ether oxygens (including phenoxy) is 1. The summed E-state index contributed by atoms with van der Waals surface area (Å²) in [6.07, 6.45) is 0.964. The van der Waals surface area contributed by atoms with Gasteiger partial charge in [0.1, 0.15) is 5.75 Å². The Morgan fingerprint density at radius 1 is 1.14 bits per heavy atom. The number of hydrogen-bond donors (Lipinski definition) is 0. The van der Waals surface area contributed by atoms with E-state index in [4.69, 9.17) is 21.6 Å². The Morgan fingerprint density at radius 3 is 2.81 bits per heavy atom. The minimum absolute atomic E-state index is 0.626. The topological polar surface area (TPSA) is 33.0 Å². The summed E-state index contributed by atoms with van der Waals surface area (Å²) in [5.74, 6) is 2.69. The van der Waals surface area contributed by atoms with Crippen molar-refractivity contribution < 1.29 is 4.74 Å². The normalized spacial score (nSPS) is 10.1. The van der Waals surface area contributed by atoms with E-state index in [1.165, 1.54) is 5.56 Å². The number of nitriles is 1. The second kappa shape index (κ2) is 8.61. The van der Waals surface area contributed by atoms with Gasteiger partial charge in [-0.1, -0.05) is 35.9 Å². The Labute approximate surface area is 134 Å². The molecule has 0 aromatic heterocycles. The first-order valence-corrected chi connectivity index (χ1v) is 8.27. The standard InChI is InChI=1S/C17H16ClNOS/c18-17-8-2-1-6-15(17)13-21-10-4-9-20-16-7-3-5-14(11-16)12-19/h1-3,5-8,11H,4,9-10,13H2. The zero-order valence-corrected chi connectivity index (χ0v) is 13.2. The van der Waals surface area contributed by atoms with Crippen LogP contribution in [0.1, 0.15) is 17.5 Å². The molecule has 0 atom stereocenters. The number of halogens is 1. The molecule has 0 aliphatic heterocycles. The molecule has 2 rings (SSSR count). The van der Waals surface area contributed by atoms with E-state index in [2.05, 4.69) is 12.1 Å². The molecule has 0 radical (unpaired) electrons. The lowest BCUT2D eigenvalue weighted by molar-refractivity contribution is 0.318. The molecule has 2 aromatic carbocycles. The van der Waals surface area contributed by atoms with Crippen molar-refractivity contribution in [2.45, 2.75) is 12.2 Å². The van der Waals surface area contributed by atoms with Crippen LogP contribution in [0.3, 0.4) is 0 Å². The third kappa shape index (κ3) is 5.34. The number of rotatable bonds is 7. The van der Waals surface area contributed by atoms with Crippen molar-refractivity contribution in [2.75, 3.05) is 12.4 Å². The molecule has 0 aliphatic rings. The maximum Gasteiger partial charge on any atom is 0.120 e. The maximum atomic E-state index is 8.81. The third-order valence-corrected chi connectivity index (χ3v) is 4.34. The van der Waals surface area contributed by atoms with E-state index in [0.717, 1.165) is 28.7 Å². The van der Waals surface area contributed by atoms with Gasteiger partial charge in [-0.05, 0) is 42.0 Å². The fourth-order valence-corrected chi connectivity index (χ4v) is 3.02. The second-order valence-corrected chi connectivity index (χ2v) is 6.00. The minimum Gasteiger partial charge on any atom is -0.494 e. The van der Waals surface area contributed by atoms with Crippen LogP contribution >= 0.6 is 23.4 Å². The molecular weight excluding hydrogens is 302 g/mol. The molecule has 0 aliphatic carbocycles. The van der Waals surface area contributed by atoms with Gasteiger partial charge in [0, 0.05) is 10.8 Å². The van der Waals surface area contributed by atoms with Crippen molar-refractivity contribution in [3.8, 4) is 11.8 Å². The molecule has 21 heavy (non-hydrogen) atoms. The highest BCUT2D eigenvalue weighted by Gasteiger charge is 2.00. The Morgan fingerprint density at radius 2 is 2.00 bits per heavy atom. The molecule has 0 heterocycles. The quantitative estimate of drug-likeness (QED) is 0.680. The third-order valence-electron chi connectivity index (χ3n) is 2.88. The summed E-state index contributed by atoms with van der Waals surface area (Å²) in [6, 6.07) is 17.3. The lowest BCUT2D eigenvalue weighted by Gasteiger charge is -2.07. The molecule has 108 valence electrons. The van der Waals surface area contributed by atoms with Crippen LogP contribution < -0.4 is 4.74 Å². The van der Waals surface area contributed by atoms with Gasteiger partial charge in [-0.25, -0.2) is 0 Å². The average molecular weight is 318 g/mol. The van der Waals surface area contributed by atoms with Gasteiger partial charge >= 0.3 is 0 Å². The molecule has 0 saturated carbocycles. The fourth-order valence-electron chi connectivity index (χ4n) is 1.80. The van der Waals surface area contributed by atoms with E-state index in [9.17, 15) is 0 Å². The van der Waals surface area contributed by atoms with Crippen LogP contribution in [0.2, 0.25) is 5.02 Å². The van der Waals surface area contributed by atoms with Crippen LogP contribution in [0.25, 0.3) is 0 Å². The first kappa shape index (κ1) is 15.8. The van der Waals surface area contributed by atoms with Crippen LogP contribution in [-0.4, -0.2) is 12.4 Å². The van der Waals surface area contributed by atoms with Gasteiger partial charge in [0.25, 0.3) is 0 Å². The van der Waals surface area contributed by atoms with Gasteiger partial charge < -0.3 is 4.74 Å². The van der Waals surface area contributed by atoms with Gasteiger partial charge in [0.2, 0.25) is 0 Å². The van der Waals surface area contributed by atoms with E-state index in [1.54, 1.807) is 12.1 Å². The second-order valence-electron chi connectivity index (χ2n) is 4.49. The predicted molar refractivity (Wildman–Crippen MR) is 88.9 cm³/mol. The Kier molecular flexibility index (Phi) is 6.46. The van der Waals surface area contributed by atoms with Crippen LogP contribution in [0, 0.1) is 11.3 Å². The van der Waals surface area contributed by atoms with Crippen molar-refractivity contribution >= 4 is 23.4 Å². The summed E-state index contributed by atoms with van der Waals surface area (Å²) in [4.78, 5) is 0. The molecule has 2 aromatic rings. The van der Waals surface area contributed by atoms with E-state index in [1.807, 2.05) is 42.1 Å². The Balaban J connectivity index is 1.64. The van der Waals surface area contributed by atoms with Gasteiger partial charge in [0.05, 0.1) is 18.2 Å². The minimum atomic E-state index is 0.626. The number of hydrogen-bond acceptors (Lipinski definition) is 3. The summed E-state index contributed by atoms with van der Waals surface area (Å²) >= 11 is 7.96. The molecule has 2 nitrogen and oxygen atoms in total. The summed E-state index contributed by atoms with van der Waals surface area (Å²) in [7, 11) is 0. The van der Waals surface area contributed by atoms with E-state index >= 15 is 0 Å². The van der Waals surface area contributed by atoms with Crippen LogP contribution in [0.4, 0.5) is 0 Å². The number of thioether (sulfide) groups is 1. The zero-order chi connectivity index (χ0) is 14.9. The van der Waals surface area contributed by atoms with Gasteiger partial charge in [-0.2, -0.15) is 17.0 Å². The van der Waals surface area contributed by atoms with Gasteiger partial charge in [0.15, 0.2) is 0 Å². The summed E-state index contributed by atoms with van der Waals surface area (Å²) in [6.45, 7) is 0.657. The van der Waals surface area contributed by atoms with Crippen LogP contribution in [0.15, 0.2) is 48.5 Å². The lowest BCUT2D eigenvalue weighted by Crippen LogP contribution is -1.99. The van der Waals surface area contributed by atoms with Crippen molar-refractivity contribution in [3.05, 3.63) is 64.7 Å². The summed E-state index contributed by atoms with van der Waals surface area (Å²) in [5.41, 5.74) is 1.80. The van der Waals surface area contributed by atoms with E-state index < -0.39 is 0 Å².